The molecule has 0 spiro atoms. The summed E-state index contributed by atoms with van der Waals surface area (Å²) in [7, 11) is 0. The van der Waals surface area contributed by atoms with Crippen LogP contribution in [0.1, 0.15) is 71.6 Å². The average molecular weight is 283 g/mol. The molecule has 2 aliphatic rings. The molecule has 0 aromatic carbocycles. The third-order valence-electron chi connectivity index (χ3n) is 5.57. The number of nitrogens with one attached hydrogen (secondary N) is 1. The van der Waals surface area contributed by atoms with Crippen molar-refractivity contribution in [1.82, 2.24) is 5.32 Å². The lowest BCUT2D eigenvalue weighted by Crippen LogP contribution is -2.53. The van der Waals surface area contributed by atoms with Gasteiger partial charge in [0.25, 0.3) is 0 Å². The highest BCUT2D eigenvalue weighted by Crippen LogP contribution is 2.34. The largest absolute Gasteiger partial charge is 0.389 e. The van der Waals surface area contributed by atoms with E-state index in [9.17, 15) is 5.11 Å². The van der Waals surface area contributed by atoms with Gasteiger partial charge in [0.05, 0.1) is 18.8 Å². The summed E-state index contributed by atoms with van der Waals surface area (Å²) in [6.07, 6.45) is 11.4. The molecule has 2 N–H and O–H groups in total. The minimum Gasteiger partial charge on any atom is -0.389 e. The maximum Gasteiger partial charge on any atom is 0.0898 e. The van der Waals surface area contributed by atoms with Gasteiger partial charge in [-0.2, -0.15) is 0 Å². The SMILES string of the molecule is CCC1CCCCC1OCC(O)CNC1(CC)CCC1. The predicted octanol–water partition coefficient (Wildman–Crippen LogP) is 3.26. The minimum atomic E-state index is -0.363. The van der Waals surface area contributed by atoms with E-state index in [1.807, 2.05) is 0 Å². The van der Waals surface area contributed by atoms with Crippen LogP contribution in [0.2, 0.25) is 0 Å². The Morgan fingerprint density at radius 2 is 1.95 bits per heavy atom. The summed E-state index contributed by atoms with van der Waals surface area (Å²) < 4.78 is 6.01. The van der Waals surface area contributed by atoms with E-state index >= 15 is 0 Å². The van der Waals surface area contributed by atoms with Crippen LogP contribution < -0.4 is 5.32 Å². The summed E-state index contributed by atoms with van der Waals surface area (Å²) >= 11 is 0. The van der Waals surface area contributed by atoms with E-state index in [0.29, 0.717) is 30.7 Å². The van der Waals surface area contributed by atoms with Gasteiger partial charge in [-0.3, -0.25) is 0 Å². The molecule has 20 heavy (non-hydrogen) atoms. The van der Waals surface area contributed by atoms with Crippen LogP contribution in [0.3, 0.4) is 0 Å². The Bertz CT molecular complexity index is 273. The van der Waals surface area contributed by atoms with Crippen LogP contribution in [0.25, 0.3) is 0 Å². The van der Waals surface area contributed by atoms with Crippen molar-refractivity contribution in [2.75, 3.05) is 13.2 Å². The highest BCUT2D eigenvalue weighted by atomic mass is 16.5. The summed E-state index contributed by atoms with van der Waals surface area (Å²) in [5, 5.41) is 13.7. The number of rotatable bonds is 8. The number of hydrogen-bond donors (Lipinski definition) is 2. The smallest absolute Gasteiger partial charge is 0.0898 e. The van der Waals surface area contributed by atoms with E-state index < -0.39 is 0 Å². The molecule has 0 aromatic heterocycles. The third kappa shape index (κ3) is 4.19. The normalized spacial score (nSPS) is 30.8. The van der Waals surface area contributed by atoms with Gasteiger partial charge in [-0.15, -0.1) is 0 Å². The molecule has 3 atom stereocenters. The highest BCUT2D eigenvalue weighted by Gasteiger charge is 2.34. The minimum absolute atomic E-state index is 0.317. The summed E-state index contributed by atoms with van der Waals surface area (Å²) in [5.41, 5.74) is 0.317. The number of aliphatic hydroxyl groups is 1. The molecule has 118 valence electrons. The Kier molecular flexibility index (Phi) is 6.31. The molecule has 3 nitrogen and oxygen atoms in total. The second kappa shape index (κ2) is 7.77. The lowest BCUT2D eigenvalue weighted by Gasteiger charge is -2.43. The summed E-state index contributed by atoms with van der Waals surface area (Å²) in [6, 6.07) is 0. The molecule has 3 heteroatoms. The first-order valence-corrected chi connectivity index (χ1v) is 8.74. The fourth-order valence-corrected chi connectivity index (χ4v) is 3.75. The Morgan fingerprint density at radius 1 is 1.20 bits per heavy atom. The van der Waals surface area contributed by atoms with Gasteiger partial charge in [-0.25, -0.2) is 0 Å². The topological polar surface area (TPSA) is 41.5 Å². The molecule has 2 fully saturated rings. The molecule has 0 aromatic rings. The molecule has 0 radical (unpaired) electrons. The molecule has 2 aliphatic carbocycles. The van der Waals surface area contributed by atoms with Crippen molar-refractivity contribution >= 4 is 0 Å². The number of hydrogen-bond acceptors (Lipinski definition) is 3. The number of aliphatic hydroxyl groups excluding tert-OH is 1. The number of ether oxygens (including phenoxy) is 1. The van der Waals surface area contributed by atoms with Gasteiger partial charge >= 0.3 is 0 Å². The van der Waals surface area contributed by atoms with Crippen molar-refractivity contribution in [2.45, 2.75) is 89.4 Å². The summed E-state index contributed by atoms with van der Waals surface area (Å²) in [5.74, 6) is 0.706. The maximum atomic E-state index is 10.1. The predicted molar refractivity (Wildman–Crippen MR) is 82.9 cm³/mol. The highest BCUT2D eigenvalue weighted by molar-refractivity contribution is 4.95. The third-order valence-corrected chi connectivity index (χ3v) is 5.57. The van der Waals surface area contributed by atoms with Gasteiger partial charge in [0.1, 0.15) is 0 Å². The van der Waals surface area contributed by atoms with Gasteiger partial charge < -0.3 is 15.2 Å². The second-order valence-corrected chi connectivity index (χ2v) is 6.85. The Hall–Kier alpha value is -0.120. The molecule has 0 amide bonds. The molecule has 0 bridgehead atoms. The van der Waals surface area contributed by atoms with Crippen LogP contribution in [0.4, 0.5) is 0 Å². The quantitative estimate of drug-likeness (QED) is 0.718. The first-order valence-electron chi connectivity index (χ1n) is 8.74. The molecule has 0 heterocycles. The van der Waals surface area contributed by atoms with Crippen LogP contribution in [-0.2, 0) is 4.74 Å². The first-order chi connectivity index (χ1) is 9.69. The van der Waals surface area contributed by atoms with E-state index in [0.717, 1.165) is 0 Å². The van der Waals surface area contributed by atoms with Crippen LogP contribution in [-0.4, -0.2) is 36.0 Å². The van der Waals surface area contributed by atoms with Gasteiger partial charge in [0.15, 0.2) is 0 Å². The first kappa shape index (κ1) is 16.3. The molecule has 2 rings (SSSR count). The van der Waals surface area contributed by atoms with Gasteiger partial charge in [-0.1, -0.05) is 33.1 Å². The van der Waals surface area contributed by atoms with Crippen molar-refractivity contribution < 1.29 is 9.84 Å². The average Bonchev–Trinajstić information content (AvgIpc) is 2.44. The maximum absolute atomic E-state index is 10.1. The Morgan fingerprint density at radius 3 is 2.55 bits per heavy atom. The Labute approximate surface area is 124 Å². The van der Waals surface area contributed by atoms with Crippen LogP contribution in [0.5, 0.6) is 0 Å². The lowest BCUT2D eigenvalue weighted by molar-refractivity contribution is -0.0523. The van der Waals surface area contributed by atoms with E-state index in [2.05, 4.69) is 19.2 Å². The van der Waals surface area contributed by atoms with Crippen molar-refractivity contribution in [3.63, 3.8) is 0 Å². The zero-order valence-corrected chi connectivity index (χ0v) is 13.4. The van der Waals surface area contributed by atoms with Gasteiger partial charge in [-0.05, 0) is 44.4 Å². The lowest BCUT2D eigenvalue weighted by atomic mass is 9.75. The van der Waals surface area contributed by atoms with Gasteiger partial charge in [0.2, 0.25) is 0 Å². The van der Waals surface area contributed by atoms with E-state index in [4.69, 9.17) is 4.74 Å². The zero-order valence-electron chi connectivity index (χ0n) is 13.4. The van der Waals surface area contributed by atoms with Crippen molar-refractivity contribution in [1.29, 1.82) is 0 Å². The Balaban J connectivity index is 1.65. The molecular weight excluding hydrogens is 250 g/mol. The van der Waals surface area contributed by atoms with Gasteiger partial charge in [0, 0.05) is 12.1 Å². The fraction of sp³-hybridized carbons (Fsp3) is 1.00. The molecule has 0 aliphatic heterocycles. The fourth-order valence-electron chi connectivity index (χ4n) is 3.75. The van der Waals surface area contributed by atoms with Crippen LogP contribution in [0, 0.1) is 5.92 Å². The monoisotopic (exact) mass is 283 g/mol. The van der Waals surface area contributed by atoms with Crippen LogP contribution >= 0.6 is 0 Å². The van der Waals surface area contributed by atoms with E-state index in [1.165, 1.54) is 57.8 Å². The molecule has 0 saturated heterocycles. The molecule has 3 unspecified atom stereocenters. The summed E-state index contributed by atoms with van der Waals surface area (Å²) in [6.45, 7) is 5.67. The second-order valence-electron chi connectivity index (χ2n) is 6.85. The molecule has 2 saturated carbocycles. The van der Waals surface area contributed by atoms with E-state index in [1.54, 1.807) is 0 Å². The van der Waals surface area contributed by atoms with E-state index in [-0.39, 0.29) is 6.10 Å². The van der Waals surface area contributed by atoms with Crippen LogP contribution in [0.15, 0.2) is 0 Å². The number of β-amino-alcohol motifs (C(OH)–C–C–N with tert-alkyl or cyclic N) is 1. The van der Waals surface area contributed by atoms with Crippen molar-refractivity contribution in [3.05, 3.63) is 0 Å². The zero-order chi connectivity index (χ0) is 14.4. The summed E-state index contributed by atoms with van der Waals surface area (Å²) in [4.78, 5) is 0. The van der Waals surface area contributed by atoms with Crippen molar-refractivity contribution in [2.24, 2.45) is 5.92 Å². The van der Waals surface area contributed by atoms with Crippen molar-refractivity contribution in [3.8, 4) is 0 Å². The molecular formula is C17H33NO2. The standard InChI is InChI=1S/C17H33NO2/c1-3-14-8-5-6-9-16(14)20-13-15(19)12-18-17(4-2)10-7-11-17/h14-16,18-19H,3-13H2,1-2H3.